The molecule has 0 aromatic heterocycles. The van der Waals surface area contributed by atoms with Crippen LogP contribution in [0.2, 0.25) is 0 Å². The summed E-state index contributed by atoms with van der Waals surface area (Å²) in [6.07, 6.45) is 2.26. The minimum atomic E-state index is -3.53. The molecule has 3 aliphatic heterocycles. The zero-order valence-corrected chi connectivity index (χ0v) is 17.1. The Balaban J connectivity index is 1.79. The van der Waals surface area contributed by atoms with Gasteiger partial charge in [0.1, 0.15) is 5.54 Å². The number of carbonyl (C=O) groups excluding carboxylic acids is 1. The Morgan fingerprint density at radius 2 is 1.78 bits per heavy atom. The summed E-state index contributed by atoms with van der Waals surface area (Å²) in [5, 5.41) is 2.86. The number of carbonyl (C=O) groups is 1. The molecule has 3 aliphatic rings. The summed E-state index contributed by atoms with van der Waals surface area (Å²) >= 11 is 0. The number of nitrogens with zero attached hydrogens (tertiary/aromatic N) is 1. The minimum absolute atomic E-state index is 0.286. The summed E-state index contributed by atoms with van der Waals surface area (Å²) in [4.78, 5) is 12.9. The number of fused-ring (bicyclic) bond motifs is 2. The van der Waals surface area contributed by atoms with Gasteiger partial charge in [-0.15, -0.1) is 0 Å². The summed E-state index contributed by atoms with van der Waals surface area (Å²) in [6.45, 7) is 8.27. The lowest BCUT2D eigenvalue weighted by Crippen LogP contribution is -2.49. The van der Waals surface area contributed by atoms with Crippen LogP contribution in [0.5, 0.6) is 0 Å². The van der Waals surface area contributed by atoms with Crippen LogP contribution in [0.3, 0.4) is 0 Å². The molecule has 2 saturated heterocycles. The average molecular weight is 392 g/mol. The third-order valence-electron chi connectivity index (χ3n) is 6.36. The summed E-state index contributed by atoms with van der Waals surface area (Å²) < 4.78 is 38.3. The molecule has 0 bridgehead atoms. The van der Waals surface area contributed by atoms with Crippen LogP contribution in [-0.4, -0.2) is 49.8 Å². The topological polar surface area (TPSA) is 84.9 Å². The zero-order chi connectivity index (χ0) is 19.8. The van der Waals surface area contributed by atoms with Crippen molar-refractivity contribution in [2.24, 2.45) is 0 Å². The van der Waals surface area contributed by atoms with E-state index in [9.17, 15) is 13.2 Å². The van der Waals surface area contributed by atoms with E-state index < -0.39 is 33.9 Å². The first-order valence-corrected chi connectivity index (χ1v) is 11.0. The van der Waals surface area contributed by atoms with Gasteiger partial charge in [0.05, 0.1) is 17.5 Å². The van der Waals surface area contributed by atoms with Crippen molar-refractivity contribution in [3.63, 3.8) is 0 Å². The van der Waals surface area contributed by atoms with E-state index in [1.807, 2.05) is 39.8 Å². The van der Waals surface area contributed by atoms with E-state index in [0.29, 0.717) is 30.6 Å². The lowest BCUT2D eigenvalue weighted by atomic mass is 9.76. The van der Waals surface area contributed by atoms with Crippen LogP contribution in [0.25, 0.3) is 0 Å². The number of amides is 1. The zero-order valence-electron chi connectivity index (χ0n) is 16.3. The highest BCUT2D eigenvalue weighted by Crippen LogP contribution is 2.48. The van der Waals surface area contributed by atoms with Crippen LogP contribution in [0.1, 0.15) is 46.1 Å². The monoisotopic (exact) mass is 392 g/mol. The van der Waals surface area contributed by atoms with Gasteiger partial charge < -0.3 is 14.6 Å². The Morgan fingerprint density at radius 1 is 1.15 bits per heavy atom. The smallest absolute Gasteiger partial charge is 0.399 e. The lowest BCUT2D eigenvalue weighted by Gasteiger charge is -2.32. The quantitative estimate of drug-likeness (QED) is 0.765. The van der Waals surface area contributed by atoms with E-state index in [0.717, 1.165) is 11.7 Å². The number of benzene rings is 1. The molecule has 9 heteroatoms. The molecule has 1 spiro atoms. The number of nitrogens with one attached hydrogen (secondary N) is 1. The normalized spacial score (nSPS) is 29.4. The second-order valence-electron chi connectivity index (χ2n) is 8.65. The molecule has 3 heterocycles. The van der Waals surface area contributed by atoms with Gasteiger partial charge in [0.25, 0.3) is 5.91 Å². The van der Waals surface area contributed by atoms with Crippen molar-refractivity contribution in [1.82, 2.24) is 4.31 Å². The fraction of sp³-hybridized carbons (Fsp3) is 0.611. The average Bonchev–Trinajstić information content (AvgIpc) is 3.15. The van der Waals surface area contributed by atoms with Crippen molar-refractivity contribution < 1.29 is 22.5 Å². The number of hydrogen-bond donors (Lipinski definition) is 1. The molecule has 1 aromatic rings. The highest BCUT2D eigenvalue weighted by Gasteiger charge is 2.58. The van der Waals surface area contributed by atoms with E-state index in [-0.39, 0.29) is 5.91 Å². The van der Waals surface area contributed by atoms with Gasteiger partial charge in [-0.05, 0) is 52.1 Å². The second kappa shape index (κ2) is 5.56. The van der Waals surface area contributed by atoms with Crippen LogP contribution < -0.4 is 10.8 Å². The Labute approximate surface area is 160 Å². The Hall–Kier alpha value is -1.42. The molecule has 1 amide bonds. The third kappa shape index (κ3) is 2.59. The number of anilines is 1. The predicted molar refractivity (Wildman–Crippen MR) is 103 cm³/mol. The maximum atomic E-state index is 12.9. The molecule has 146 valence electrons. The SMILES string of the molecule is CC1(C)OB(c2ccc3c(c2)C2(CCCN2S(C)(=O)=O)C(=O)N3)OC1(C)C. The molecule has 1 unspecified atom stereocenters. The molecule has 0 radical (unpaired) electrons. The number of hydrogen-bond acceptors (Lipinski definition) is 5. The fourth-order valence-corrected chi connectivity index (χ4v) is 5.53. The molecule has 1 N–H and O–H groups in total. The van der Waals surface area contributed by atoms with Crippen molar-refractivity contribution in [2.45, 2.75) is 57.3 Å². The van der Waals surface area contributed by atoms with E-state index in [2.05, 4.69) is 5.32 Å². The van der Waals surface area contributed by atoms with Gasteiger partial charge in [0.15, 0.2) is 0 Å². The van der Waals surface area contributed by atoms with E-state index in [4.69, 9.17) is 9.31 Å². The van der Waals surface area contributed by atoms with Gasteiger partial charge in [-0.25, -0.2) is 8.42 Å². The van der Waals surface area contributed by atoms with Crippen molar-refractivity contribution in [3.05, 3.63) is 23.8 Å². The van der Waals surface area contributed by atoms with Crippen LogP contribution >= 0.6 is 0 Å². The molecular weight excluding hydrogens is 367 g/mol. The molecule has 2 fully saturated rings. The Bertz CT molecular complexity index is 914. The van der Waals surface area contributed by atoms with Crippen LogP contribution in [0, 0.1) is 0 Å². The number of sulfonamides is 1. The van der Waals surface area contributed by atoms with Gasteiger partial charge in [0.2, 0.25) is 10.0 Å². The predicted octanol–water partition coefficient (Wildman–Crippen LogP) is 1.19. The maximum absolute atomic E-state index is 12.9. The summed E-state index contributed by atoms with van der Waals surface area (Å²) in [6, 6.07) is 5.53. The van der Waals surface area contributed by atoms with Crippen LogP contribution in [0.15, 0.2) is 18.2 Å². The van der Waals surface area contributed by atoms with Crippen molar-refractivity contribution >= 4 is 34.2 Å². The molecular formula is C18H25BN2O5S. The fourth-order valence-electron chi connectivity index (χ4n) is 4.23. The minimum Gasteiger partial charge on any atom is -0.399 e. The molecule has 4 rings (SSSR count). The Morgan fingerprint density at radius 3 is 2.37 bits per heavy atom. The van der Waals surface area contributed by atoms with Gasteiger partial charge in [-0.2, -0.15) is 4.31 Å². The molecule has 7 nitrogen and oxygen atoms in total. The molecule has 1 atom stereocenters. The summed E-state index contributed by atoms with van der Waals surface area (Å²) in [5.41, 5.74) is -0.0202. The lowest BCUT2D eigenvalue weighted by molar-refractivity contribution is -0.123. The third-order valence-corrected chi connectivity index (χ3v) is 7.66. The van der Waals surface area contributed by atoms with Gasteiger partial charge in [0, 0.05) is 17.8 Å². The molecule has 0 aliphatic carbocycles. The summed E-state index contributed by atoms with van der Waals surface area (Å²) in [7, 11) is -4.10. The maximum Gasteiger partial charge on any atom is 0.494 e. The van der Waals surface area contributed by atoms with Gasteiger partial charge in [-0.1, -0.05) is 12.1 Å². The second-order valence-corrected chi connectivity index (χ2v) is 10.6. The first-order chi connectivity index (χ1) is 12.4. The van der Waals surface area contributed by atoms with E-state index in [1.165, 1.54) is 4.31 Å². The van der Waals surface area contributed by atoms with E-state index in [1.54, 1.807) is 6.07 Å². The highest BCUT2D eigenvalue weighted by atomic mass is 32.2. The standard InChI is InChI=1S/C18H25BN2O5S/c1-16(2)17(3,4)26-19(25-16)12-7-8-14-13(11-12)18(15(22)20-14)9-6-10-21(18)27(5,23)24/h7-8,11H,6,9-10H2,1-5H3,(H,20,22). The summed E-state index contributed by atoms with van der Waals surface area (Å²) in [5.74, 6) is -0.286. The van der Waals surface area contributed by atoms with Crippen LogP contribution in [-0.2, 0) is 29.7 Å². The van der Waals surface area contributed by atoms with E-state index >= 15 is 0 Å². The largest absolute Gasteiger partial charge is 0.494 e. The molecule has 27 heavy (non-hydrogen) atoms. The van der Waals surface area contributed by atoms with Gasteiger partial charge in [-0.3, -0.25) is 4.79 Å². The van der Waals surface area contributed by atoms with Crippen LogP contribution in [0.4, 0.5) is 5.69 Å². The van der Waals surface area contributed by atoms with Crippen molar-refractivity contribution in [2.75, 3.05) is 18.1 Å². The first kappa shape index (κ1) is 18.9. The molecule has 1 aromatic carbocycles. The van der Waals surface area contributed by atoms with Crippen molar-refractivity contribution in [1.29, 1.82) is 0 Å². The highest BCUT2D eigenvalue weighted by molar-refractivity contribution is 7.88. The molecule has 0 saturated carbocycles. The Kier molecular flexibility index (Phi) is 3.90. The first-order valence-electron chi connectivity index (χ1n) is 9.18. The van der Waals surface area contributed by atoms with Gasteiger partial charge >= 0.3 is 7.12 Å². The van der Waals surface area contributed by atoms with Crippen molar-refractivity contribution in [3.8, 4) is 0 Å². The number of rotatable bonds is 2.